The Hall–Kier alpha value is -1.55. The molecule has 1 aliphatic heterocycles. The van der Waals surface area contributed by atoms with Gasteiger partial charge in [0.1, 0.15) is 11.5 Å². The number of aryl methyl sites for hydroxylation is 1. The van der Waals surface area contributed by atoms with E-state index < -0.39 is 22.9 Å². The third-order valence-corrected chi connectivity index (χ3v) is 7.01. The van der Waals surface area contributed by atoms with E-state index in [1.54, 1.807) is 6.08 Å². The number of benzene rings is 1. The van der Waals surface area contributed by atoms with Crippen molar-refractivity contribution in [2.24, 2.45) is 4.40 Å². The van der Waals surface area contributed by atoms with Gasteiger partial charge in [-0.25, -0.2) is 8.60 Å². The molecule has 1 N–H and O–H groups in total. The second-order valence-corrected chi connectivity index (χ2v) is 9.35. The number of likely N-dealkylation sites (N-methyl/N-ethyl adjacent to an activating group) is 1. The van der Waals surface area contributed by atoms with Gasteiger partial charge in [0.05, 0.1) is 19.4 Å². The first-order valence-corrected chi connectivity index (χ1v) is 10.3. The van der Waals surface area contributed by atoms with Crippen molar-refractivity contribution >= 4 is 67.3 Å². The summed E-state index contributed by atoms with van der Waals surface area (Å²) in [6.45, 7) is 1.94. The molecule has 0 bridgehead atoms. The fourth-order valence-corrected chi connectivity index (χ4v) is 4.64. The Morgan fingerprint density at radius 1 is 1.42 bits per heavy atom. The lowest BCUT2D eigenvalue weighted by molar-refractivity contribution is -0.113. The molecule has 1 aliphatic rings. The smallest absolute Gasteiger partial charge is 0.272 e. The molecular formula is C16H12BrClFN3O2S2. The van der Waals surface area contributed by atoms with Crippen LogP contribution in [0.2, 0.25) is 5.02 Å². The zero-order valence-electron chi connectivity index (χ0n) is 13.5. The van der Waals surface area contributed by atoms with Crippen LogP contribution in [-0.4, -0.2) is 27.2 Å². The van der Waals surface area contributed by atoms with E-state index in [1.165, 1.54) is 34.8 Å². The minimum atomic E-state index is -1.73. The number of hydrogen-bond acceptors (Lipinski definition) is 3. The van der Waals surface area contributed by atoms with Crippen LogP contribution in [0, 0.1) is 12.7 Å². The molecule has 1 unspecified atom stereocenters. The van der Waals surface area contributed by atoms with Crippen LogP contribution in [0.25, 0.3) is 0 Å². The summed E-state index contributed by atoms with van der Waals surface area (Å²) in [5, 5.41) is 2.53. The summed E-state index contributed by atoms with van der Waals surface area (Å²) < 4.78 is 31.9. The highest BCUT2D eigenvalue weighted by atomic mass is 79.9. The van der Waals surface area contributed by atoms with E-state index in [0.29, 0.717) is 11.4 Å². The van der Waals surface area contributed by atoms with Crippen molar-refractivity contribution in [3.8, 4) is 0 Å². The number of nitrogens with zero attached hydrogens (tertiary/aromatic N) is 2. The molecule has 1 amide bonds. The Kier molecular flexibility index (Phi) is 5.61. The molecule has 3 rings (SSSR count). The molecule has 1 aromatic heterocycles. The van der Waals surface area contributed by atoms with Gasteiger partial charge in [-0.1, -0.05) is 11.6 Å². The highest BCUT2D eigenvalue weighted by Crippen LogP contribution is 2.30. The van der Waals surface area contributed by atoms with Gasteiger partial charge in [0, 0.05) is 12.7 Å². The molecule has 0 spiro atoms. The van der Waals surface area contributed by atoms with Gasteiger partial charge >= 0.3 is 0 Å². The Labute approximate surface area is 169 Å². The van der Waals surface area contributed by atoms with Crippen molar-refractivity contribution < 1.29 is 13.4 Å². The molecule has 1 aromatic carbocycles. The van der Waals surface area contributed by atoms with E-state index >= 15 is 0 Å². The van der Waals surface area contributed by atoms with Crippen LogP contribution in [0.3, 0.4) is 0 Å². The van der Waals surface area contributed by atoms with Crippen LogP contribution in [0.4, 0.5) is 10.1 Å². The maximum absolute atomic E-state index is 13.3. The van der Waals surface area contributed by atoms with Gasteiger partial charge in [-0.15, -0.1) is 11.3 Å². The number of halogens is 3. The second-order valence-electron chi connectivity index (χ2n) is 5.38. The minimum Gasteiger partial charge on any atom is -0.321 e. The van der Waals surface area contributed by atoms with Gasteiger partial charge in [-0.05, 0) is 58.8 Å². The van der Waals surface area contributed by atoms with Gasteiger partial charge in [0.25, 0.3) is 5.91 Å². The largest absolute Gasteiger partial charge is 0.321 e. The fourth-order valence-electron chi connectivity index (χ4n) is 2.16. The number of amides is 1. The molecule has 0 saturated heterocycles. The SMILES string of the molecule is Cc1cc(C2=NS(=O)N(C)C(C(=O)Nc3ccc(F)c(Cl)c3)=C2)sc1Br. The predicted octanol–water partition coefficient (Wildman–Crippen LogP) is 4.45. The zero-order chi connectivity index (χ0) is 19.0. The molecule has 1 atom stereocenters. The quantitative estimate of drug-likeness (QED) is 0.711. The van der Waals surface area contributed by atoms with E-state index in [-0.39, 0.29) is 10.7 Å². The summed E-state index contributed by atoms with van der Waals surface area (Å²) in [5.74, 6) is -1.07. The number of nitrogens with one attached hydrogen (secondary N) is 1. The summed E-state index contributed by atoms with van der Waals surface area (Å²) in [7, 11) is 1.51. The van der Waals surface area contributed by atoms with Crippen molar-refractivity contribution in [1.29, 1.82) is 0 Å². The average Bonchev–Trinajstić information content (AvgIpc) is 2.92. The zero-order valence-corrected chi connectivity index (χ0v) is 17.5. The van der Waals surface area contributed by atoms with Crippen molar-refractivity contribution in [3.05, 3.63) is 61.1 Å². The first-order valence-electron chi connectivity index (χ1n) is 7.25. The summed E-state index contributed by atoms with van der Waals surface area (Å²) in [4.78, 5) is 13.4. The van der Waals surface area contributed by atoms with Crippen molar-refractivity contribution in [2.45, 2.75) is 6.92 Å². The third-order valence-electron chi connectivity index (χ3n) is 3.54. The molecule has 5 nitrogen and oxygen atoms in total. The van der Waals surface area contributed by atoms with Crippen LogP contribution >= 0.6 is 38.9 Å². The predicted molar refractivity (Wildman–Crippen MR) is 107 cm³/mol. The van der Waals surface area contributed by atoms with Gasteiger partial charge in [-0.3, -0.25) is 9.10 Å². The second kappa shape index (κ2) is 7.59. The summed E-state index contributed by atoms with van der Waals surface area (Å²) in [6.07, 6.45) is 1.57. The first kappa shape index (κ1) is 19.2. The van der Waals surface area contributed by atoms with E-state index in [4.69, 9.17) is 11.6 Å². The number of rotatable bonds is 3. The minimum absolute atomic E-state index is 0.0986. The number of anilines is 1. The van der Waals surface area contributed by atoms with Gasteiger partial charge < -0.3 is 5.32 Å². The van der Waals surface area contributed by atoms with Crippen molar-refractivity contribution in [2.75, 3.05) is 12.4 Å². The van der Waals surface area contributed by atoms with Gasteiger partial charge in [0.15, 0.2) is 0 Å². The highest BCUT2D eigenvalue weighted by Gasteiger charge is 2.25. The lowest BCUT2D eigenvalue weighted by atomic mass is 10.2. The lowest BCUT2D eigenvalue weighted by Crippen LogP contribution is -2.32. The Balaban J connectivity index is 1.91. The van der Waals surface area contributed by atoms with Crippen LogP contribution in [-0.2, 0) is 16.0 Å². The fraction of sp³-hybridized carbons (Fsp3) is 0.125. The number of thiophene rings is 1. The van der Waals surface area contributed by atoms with Crippen molar-refractivity contribution in [1.82, 2.24) is 4.31 Å². The molecule has 136 valence electrons. The number of hydrogen-bond donors (Lipinski definition) is 1. The molecule has 2 heterocycles. The summed E-state index contributed by atoms with van der Waals surface area (Å²) in [5.41, 5.74) is 2.00. The Morgan fingerprint density at radius 3 is 2.77 bits per heavy atom. The maximum Gasteiger partial charge on any atom is 0.272 e. The van der Waals surface area contributed by atoms with E-state index in [0.717, 1.165) is 20.3 Å². The summed E-state index contributed by atoms with van der Waals surface area (Å²) >= 11 is 8.89. The van der Waals surface area contributed by atoms with E-state index in [1.807, 2.05) is 13.0 Å². The lowest BCUT2D eigenvalue weighted by Gasteiger charge is -2.22. The molecule has 0 fully saturated rings. The van der Waals surface area contributed by atoms with Crippen LogP contribution in [0.5, 0.6) is 0 Å². The Morgan fingerprint density at radius 2 is 2.15 bits per heavy atom. The van der Waals surface area contributed by atoms with Crippen molar-refractivity contribution in [3.63, 3.8) is 0 Å². The van der Waals surface area contributed by atoms with Crippen LogP contribution < -0.4 is 5.32 Å². The highest BCUT2D eigenvalue weighted by molar-refractivity contribution is 9.11. The number of carbonyl (C=O) groups excluding carboxylic acids is 1. The van der Waals surface area contributed by atoms with E-state index in [9.17, 15) is 13.4 Å². The molecule has 2 aromatic rings. The monoisotopic (exact) mass is 475 g/mol. The normalized spacial score (nSPS) is 17.0. The average molecular weight is 477 g/mol. The maximum atomic E-state index is 13.3. The first-order chi connectivity index (χ1) is 12.3. The number of allylic oxidation sites excluding steroid dienone is 1. The molecule has 10 heteroatoms. The molecule has 26 heavy (non-hydrogen) atoms. The standard InChI is InChI=1S/C16H12BrClFN3O2S2/c1-8-5-14(25-15(8)17)12-7-13(22(2)26(24)21-12)16(23)20-9-3-4-11(19)10(18)6-9/h3-7H,1-2H3,(H,20,23). The molecular weight excluding hydrogens is 465 g/mol. The van der Waals surface area contributed by atoms with Crippen LogP contribution in [0.1, 0.15) is 10.4 Å². The van der Waals surface area contributed by atoms with E-state index in [2.05, 4.69) is 25.6 Å². The third kappa shape index (κ3) is 3.90. The topological polar surface area (TPSA) is 61.8 Å². The summed E-state index contributed by atoms with van der Waals surface area (Å²) in [6, 6.07) is 5.77. The van der Waals surface area contributed by atoms with Crippen LogP contribution in [0.15, 0.2) is 44.2 Å². The molecule has 0 aliphatic carbocycles. The molecule has 0 saturated carbocycles. The van der Waals surface area contributed by atoms with Gasteiger partial charge in [-0.2, -0.15) is 4.40 Å². The molecule has 0 radical (unpaired) electrons. The number of carbonyl (C=O) groups is 1. The van der Waals surface area contributed by atoms with Gasteiger partial charge in [0.2, 0.25) is 11.2 Å². The Bertz CT molecular complexity index is 970.